The Morgan fingerprint density at radius 1 is 0.786 bits per heavy atom. The van der Waals surface area contributed by atoms with Crippen molar-refractivity contribution in [3.05, 3.63) is 29.8 Å². The molecule has 0 saturated carbocycles. The van der Waals surface area contributed by atoms with E-state index in [0.717, 1.165) is 21.6 Å². The third-order valence-electron chi connectivity index (χ3n) is 11.3. The van der Waals surface area contributed by atoms with Gasteiger partial charge in [-0.15, -0.1) is 12.4 Å². The van der Waals surface area contributed by atoms with Gasteiger partial charge in [0, 0.05) is 30.9 Å². The molecule has 3 rings (SSSR count). The maximum atomic E-state index is 14.5. The largest absolute Gasteiger partial charge is 0.508 e. The number of primary amides is 3. The smallest absolute Gasteiger partial charge is 0.246 e. The molecule has 11 amide bonds. The zero-order chi connectivity index (χ0) is 51.5. The van der Waals surface area contributed by atoms with Crippen molar-refractivity contribution in [2.24, 2.45) is 34.8 Å². The van der Waals surface area contributed by atoms with E-state index in [2.05, 4.69) is 37.2 Å². The molecule has 2 saturated heterocycles. The summed E-state index contributed by atoms with van der Waals surface area (Å²) < 4.78 is 0. The van der Waals surface area contributed by atoms with Crippen molar-refractivity contribution in [3.8, 4) is 5.75 Å². The lowest BCUT2D eigenvalue weighted by atomic mass is 9.96. The number of hydrogen-bond donors (Lipinski definition) is 12. The summed E-state index contributed by atoms with van der Waals surface area (Å²) in [5, 5.41) is 27.7. The Morgan fingerprint density at radius 2 is 1.39 bits per heavy atom. The average Bonchev–Trinajstić information content (AvgIpc) is 3.78. The van der Waals surface area contributed by atoms with Crippen molar-refractivity contribution in [3.63, 3.8) is 0 Å². The Kier molecular flexibility index (Phi) is 25.3. The number of benzene rings is 1. The summed E-state index contributed by atoms with van der Waals surface area (Å²) in [7, 11) is 2.05. The summed E-state index contributed by atoms with van der Waals surface area (Å²) in [6, 6.07) is -5.05. The Bertz CT molecular complexity index is 2050. The fourth-order valence-corrected chi connectivity index (χ4v) is 9.62. The summed E-state index contributed by atoms with van der Waals surface area (Å²) in [6.07, 6.45) is -0.694. The van der Waals surface area contributed by atoms with Crippen LogP contribution in [0.25, 0.3) is 0 Å². The van der Waals surface area contributed by atoms with E-state index in [1.807, 2.05) is 13.8 Å². The molecule has 16 N–H and O–H groups in total. The van der Waals surface area contributed by atoms with Crippen molar-refractivity contribution >= 4 is 99.0 Å². The number of aromatic hydroxyl groups is 1. The molecule has 0 spiro atoms. The van der Waals surface area contributed by atoms with E-state index >= 15 is 0 Å². The Labute approximate surface area is 419 Å². The molecule has 1 aromatic rings. The van der Waals surface area contributed by atoms with E-state index in [9.17, 15) is 57.8 Å². The molecular formula is C43H67ClN12O12S2. The standard InChI is InChI=1S/C43H66N12O12S2.ClH/c1-5-22(4)35-42(66)49-26(12-13-32(45)57)38(62)51-29(17-33(46)58)39(63)53-30(20-69-68-19-25(44)36(60)50-28(40(64)54-35)16-23-8-10-24(56)11-9-23)43(67)55-14-6-7-31(55)41(65)52-27(15-21(2)3)37(61)48-18-34(47)59;/h8-11,21-22,25-31,35,56H,5-7,12-20,44H2,1-4H3,(H2,45,57)(H2,46,58)(H2,47,59)(H,48,61)(H,49,66)(H,50,60)(H,51,62)(H,52,65)(H,53,63)(H,54,64);1H/t22-,25-,26-,27-,28-,29-,30-,31-,35-;/m0./s1. The predicted octanol–water partition coefficient (Wildman–Crippen LogP) is -3.19. The van der Waals surface area contributed by atoms with E-state index in [1.165, 1.54) is 29.2 Å². The molecule has 0 radical (unpaired) electrons. The number of halogens is 1. The van der Waals surface area contributed by atoms with Crippen LogP contribution in [0.2, 0.25) is 0 Å². The van der Waals surface area contributed by atoms with Crippen molar-refractivity contribution in [1.82, 2.24) is 42.1 Å². The van der Waals surface area contributed by atoms with Gasteiger partial charge >= 0.3 is 0 Å². The predicted molar refractivity (Wildman–Crippen MR) is 262 cm³/mol. The molecule has 2 heterocycles. The van der Waals surface area contributed by atoms with Crippen LogP contribution in [0.3, 0.4) is 0 Å². The molecular weight excluding hydrogens is 976 g/mol. The van der Waals surface area contributed by atoms with Gasteiger partial charge < -0.3 is 70.2 Å². The summed E-state index contributed by atoms with van der Waals surface area (Å²) in [5.41, 5.74) is 22.9. The van der Waals surface area contributed by atoms with E-state index in [0.29, 0.717) is 18.4 Å². The fourth-order valence-electron chi connectivity index (χ4n) is 7.34. The number of carbonyl (C=O) groups excluding carboxylic acids is 11. The first kappa shape index (κ1) is 60.3. The maximum absolute atomic E-state index is 14.5. The minimum Gasteiger partial charge on any atom is -0.508 e. The molecule has 2 aliphatic rings. The maximum Gasteiger partial charge on any atom is 0.246 e. The van der Waals surface area contributed by atoms with Crippen LogP contribution in [0, 0.1) is 11.8 Å². The first-order valence-corrected chi connectivity index (χ1v) is 25.0. The molecule has 0 aromatic heterocycles. The van der Waals surface area contributed by atoms with Gasteiger partial charge in [0.25, 0.3) is 0 Å². The van der Waals surface area contributed by atoms with Gasteiger partial charge in [-0.2, -0.15) is 0 Å². The lowest BCUT2D eigenvalue weighted by Gasteiger charge is -2.31. The van der Waals surface area contributed by atoms with Crippen LogP contribution in [0.15, 0.2) is 24.3 Å². The summed E-state index contributed by atoms with van der Waals surface area (Å²) in [5.74, 6) is -10.4. The highest BCUT2D eigenvalue weighted by molar-refractivity contribution is 8.76. The minimum absolute atomic E-state index is 0. The Hall–Kier alpha value is -5.86. The Morgan fingerprint density at radius 3 is 1.99 bits per heavy atom. The Balaban J connectivity index is 0.0000168. The molecule has 2 aliphatic heterocycles. The number of nitrogens with zero attached hydrogens (tertiary/aromatic N) is 1. The second kappa shape index (κ2) is 29.4. The topological polar surface area (TPSA) is 400 Å². The van der Waals surface area contributed by atoms with Gasteiger partial charge in [-0.1, -0.05) is 67.8 Å². The lowest BCUT2D eigenvalue weighted by Crippen LogP contribution is -2.61. The third-order valence-corrected chi connectivity index (χ3v) is 13.7. The summed E-state index contributed by atoms with van der Waals surface area (Å²) >= 11 is 0. The second-order valence-electron chi connectivity index (χ2n) is 17.4. The number of phenols is 1. The number of nitrogens with one attached hydrogen (secondary N) is 7. The lowest BCUT2D eigenvalue weighted by molar-refractivity contribution is -0.142. The molecule has 0 bridgehead atoms. The van der Waals surface area contributed by atoms with Crippen LogP contribution in [0.5, 0.6) is 5.75 Å². The number of likely N-dealkylation sites (tertiary alicyclic amines) is 1. The minimum atomic E-state index is -1.75. The zero-order valence-electron chi connectivity index (χ0n) is 39.5. The van der Waals surface area contributed by atoms with Crippen LogP contribution in [0.1, 0.15) is 78.2 Å². The zero-order valence-corrected chi connectivity index (χ0v) is 41.9. The molecule has 9 atom stereocenters. The quantitative estimate of drug-likeness (QED) is 0.0685. The highest BCUT2D eigenvalue weighted by Gasteiger charge is 2.41. The molecule has 24 nitrogen and oxygen atoms in total. The summed E-state index contributed by atoms with van der Waals surface area (Å²) in [4.78, 5) is 148. The number of amides is 11. The monoisotopic (exact) mass is 1040 g/mol. The number of phenolic OH excluding ortho intramolecular Hbond substituents is 1. The van der Waals surface area contributed by atoms with Gasteiger partial charge in [0.1, 0.15) is 48.0 Å². The summed E-state index contributed by atoms with van der Waals surface area (Å²) in [6.45, 7) is 6.60. The van der Waals surface area contributed by atoms with E-state index in [-0.39, 0.29) is 61.4 Å². The van der Waals surface area contributed by atoms with Crippen LogP contribution in [0.4, 0.5) is 0 Å². The van der Waals surface area contributed by atoms with Gasteiger partial charge in [-0.25, -0.2) is 0 Å². The number of rotatable bonds is 17. The van der Waals surface area contributed by atoms with Crippen molar-refractivity contribution < 1.29 is 57.8 Å². The van der Waals surface area contributed by atoms with Crippen molar-refractivity contribution in [1.29, 1.82) is 0 Å². The number of nitrogens with two attached hydrogens (primary N) is 4. The molecule has 70 heavy (non-hydrogen) atoms. The first-order chi connectivity index (χ1) is 32.5. The van der Waals surface area contributed by atoms with Gasteiger partial charge in [-0.05, 0) is 55.2 Å². The molecule has 27 heteroatoms. The fraction of sp³-hybridized carbons (Fsp3) is 0.605. The van der Waals surface area contributed by atoms with Gasteiger partial charge in [0.05, 0.1) is 19.0 Å². The van der Waals surface area contributed by atoms with Gasteiger partial charge in [0.15, 0.2) is 0 Å². The molecule has 1 aromatic carbocycles. The third kappa shape index (κ3) is 19.5. The van der Waals surface area contributed by atoms with Crippen LogP contribution in [-0.4, -0.2) is 148 Å². The van der Waals surface area contributed by atoms with Crippen molar-refractivity contribution in [2.75, 3.05) is 24.6 Å². The normalized spacial score (nSPS) is 23.9. The molecule has 0 unspecified atom stereocenters. The van der Waals surface area contributed by atoms with Gasteiger partial charge in [-0.3, -0.25) is 52.7 Å². The highest BCUT2D eigenvalue weighted by Crippen LogP contribution is 2.26. The number of carbonyl (C=O) groups is 11. The molecule has 2 fully saturated rings. The number of hydrogen-bond acceptors (Lipinski definition) is 15. The van der Waals surface area contributed by atoms with E-state index in [4.69, 9.17) is 22.9 Å². The SMILES string of the molecule is CC[C@H](C)[C@@H]1NC(=O)[C@H](Cc2ccc(O)cc2)NC(=O)[C@@H](N)CSSC[C@@H](C(=O)N2CCC[C@H]2C(=O)N[C@@H](CC(C)C)C(=O)NCC(N)=O)NC(=O)[C@H](CC(N)=O)NC(=O)[C@H](CCC(N)=O)NC1=O.Cl. The first-order valence-electron chi connectivity index (χ1n) is 22.5. The van der Waals surface area contributed by atoms with Crippen LogP contribution in [-0.2, 0) is 59.2 Å². The molecule has 0 aliphatic carbocycles. The average molecular weight is 1040 g/mol. The molecule has 390 valence electrons. The van der Waals surface area contributed by atoms with Gasteiger partial charge in [0.2, 0.25) is 65.0 Å². The van der Waals surface area contributed by atoms with Crippen molar-refractivity contribution in [2.45, 2.75) is 127 Å². The van der Waals surface area contributed by atoms with Crippen LogP contribution >= 0.6 is 34.0 Å². The highest BCUT2D eigenvalue weighted by atomic mass is 35.5. The van der Waals surface area contributed by atoms with E-state index < -0.39 is 145 Å². The van der Waals surface area contributed by atoms with E-state index in [1.54, 1.807) is 13.8 Å². The second-order valence-corrected chi connectivity index (χ2v) is 20.0. The van der Waals surface area contributed by atoms with Crippen LogP contribution < -0.4 is 60.2 Å².